The smallest absolute Gasteiger partial charge is 0.301 e. The van der Waals surface area contributed by atoms with Crippen LogP contribution in [0.2, 0.25) is 0 Å². The molecule has 4 rings (SSSR count). The third-order valence-electron chi connectivity index (χ3n) is 4.72. The lowest BCUT2D eigenvalue weighted by Gasteiger charge is -2.19. The molecule has 3 heterocycles. The van der Waals surface area contributed by atoms with Crippen LogP contribution in [0.5, 0.6) is 6.01 Å². The molecule has 4 atom stereocenters. The van der Waals surface area contributed by atoms with Gasteiger partial charge in [-0.05, 0) is 5.56 Å². The van der Waals surface area contributed by atoms with E-state index in [0.29, 0.717) is 4.68 Å². The fourth-order valence-corrected chi connectivity index (χ4v) is 3.18. The molecule has 0 radical (unpaired) electrons. The van der Waals surface area contributed by atoms with Gasteiger partial charge in [-0.3, -0.25) is 4.79 Å². The maximum Gasteiger partial charge on any atom is 0.301 e. The van der Waals surface area contributed by atoms with Crippen molar-refractivity contribution in [2.75, 3.05) is 18.2 Å². The summed E-state index contributed by atoms with van der Waals surface area (Å²) in [5.74, 6) is 5.30. The van der Waals surface area contributed by atoms with Gasteiger partial charge in [0.05, 0.1) is 6.61 Å². The SMILES string of the molecule is Nc1nc2c(nc(OCc3ccccc3)n2[C@@H]2O[C@H](CO)[C@@H](O)[C@H]2O)c(=O)n1N. The van der Waals surface area contributed by atoms with Crippen LogP contribution in [0.3, 0.4) is 0 Å². The van der Waals surface area contributed by atoms with E-state index in [0.717, 1.165) is 5.56 Å². The van der Waals surface area contributed by atoms with Gasteiger partial charge in [-0.15, -0.1) is 0 Å². The summed E-state index contributed by atoms with van der Waals surface area (Å²) in [4.78, 5) is 20.7. The van der Waals surface area contributed by atoms with E-state index >= 15 is 0 Å². The van der Waals surface area contributed by atoms with Gasteiger partial charge in [0.2, 0.25) is 5.95 Å². The quantitative estimate of drug-likeness (QED) is 0.300. The fourth-order valence-electron chi connectivity index (χ4n) is 3.18. The highest BCUT2D eigenvalue weighted by Crippen LogP contribution is 2.35. The Kier molecular flexibility index (Phi) is 4.84. The van der Waals surface area contributed by atoms with E-state index < -0.39 is 36.7 Å². The van der Waals surface area contributed by atoms with Gasteiger partial charge in [0.25, 0.3) is 0 Å². The molecule has 1 fully saturated rings. The maximum atomic E-state index is 12.5. The molecule has 1 aliphatic rings. The number of nitrogen functional groups attached to an aromatic ring is 2. The van der Waals surface area contributed by atoms with Crippen molar-refractivity contribution in [2.24, 2.45) is 0 Å². The lowest BCUT2D eigenvalue weighted by molar-refractivity contribution is -0.0545. The van der Waals surface area contributed by atoms with E-state index in [1.54, 1.807) is 0 Å². The molecule has 0 saturated carbocycles. The van der Waals surface area contributed by atoms with E-state index in [1.807, 2.05) is 30.3 Å². The standard InChI is InChI=1S/C17H20N6O6/c18-16-21-13-10(14(27)23(16)19)20-17(28-7-8-4-2-1-3-5-8)22(13)15-12(26)11(25)9(6-24)29-15/h1-5,9,11-12,15,24-26H,6-7,19H2,(H2,18,21)/t9-,11-,12-,15-/m1/s1. The lowest BCUT2D eigenvalue weighted by atomic mass is 10.1. The molecule has 0 unspecified atom stereocenters. The monoisotopic (exact) mass is 404 g/mol. The van der Waals surface area contributed by atoms with E-state index in [4.69, 9.17) is 21.1 Å². The number of nitrogens with two attached hydrogens (primary N) is 2. The summed E-state index contributed by atoms with van der Waals surface area (Å²) in [5, 5.41) is 29.9. The molecule has 0 spiro atoms. The Morgan fingerprint density at radius 3 is 2.55 bits per heavy atom. The highest BCUT2D eigenvalue weighted by molar-refractivity contribution is 5.73. The van der Waals surface area contributed by atoms with Crippen molar-refractivity contribution in [3.8, 4) is 6.01 Å². The predicted octanol–water partition coefficient (Wildman–Crippen LogP) is -1.92. The Morgan fingerprint density at radius 1 is 1.17 bits per heavy atom. The molecule has 154 valence electrons. The Bertz CT molecular complexity index is 1080. The van der Waals surface area contributed by atoms with Crippen LogP contribution in [0.1, 0.15) is 11.8 Å². The van der Waals surface area contributed by atoms with Crippen molar-refractivity contribution in [3.05, 3.63) is 46.2 Å². The van der Waals surface area contributed by atoms with Crippen LogP contribution in [-0.4, -0.2) is 59.4 Å². The van der Waals surface area contributed by atoms with E-state index in [1.165, 1.54) is 4.57 Å². The number of benzene rings is 1. The molecule has 1 aromatic carbocycles. The maximum absolute atomic E-state index is 12.5. The number of ether oxygens (including phenoxy) is 2. The Hall–Kier alpha value is -3.19. The number of fused-ring (bicyclic) bond motifs is 1. The molecule has 12 nitrogen and oxygen atoms in total. The molecule has 1 saturated heterocycles. The number of rotatable bonds is 5. The lowest BCUT2D eigenvalue weighted by Crippen LogP contribution is -2.33. The minimum Gasteiger partial charge on any atom is -0.460 e. The molecule has 2 aromatic heterocycles. The van der Waals surface area contributed by atoms with Gasteiger partial charge in [-0.2, -0.15) is 14.6 Å². The largest absolute Gasteiger partial charge is 0.460 e. The molecule has 0 amide bonds. The van der Waals surface area contributed by atoms with Crippen molar-refractivity contribution >= 4 is 17.1 Å². The van der Waals surface area contributed by atoms with Crippen molar-refractivity contribution in [3.63, 3.8) is 0 Å². The fraction of sp³-hybridized carbons (Fsp3) is 0.353. The molecular formula is C17H20N6O6. The first kappa shape index (κ1) is 19.1. The minimum atomic E-state index is -1.44. The van der Waals surface area contributed by atoms with Crippen LogP contribution < -0.4 is 21.9 Å². The van der Waals surface area contributed by atoms with Crippen LogP contribution >= 0.6 is 0 Å². The van der Waals surface area contributed by atoms with Gasteiger partial charge in [0, 0.05) is 0 Å². The summed E-state index contributed by atoms with van der Waals surface area (Å²) in [6.07, 6.45) is -5.07. The van der Waals surface area contributed by atoms with Crippen molar-refractivity contribution in [1.82, 2.24) is 19.2 Å². The molecule has 0 aliphatic carbocycles. The summed E-state index contributed by atoms with van der Waals surface area (Å²) in [6.45, 7) is -0.419. The number of hydrogen-bond donors (Lipinski definition) is 5. The second-order valence-corrected chi connectivity index (χ2v) is 6.58. The van der Waals surface area contributed by atoms with Gasteiger partial charge in [-0.1, -0.05) is 30.3 Å². The van der Waals surface area contributed by atoms with Crippen molar-refractivity contribution in [2.45, 2.75) is 31.1 Å². The summed E-state index contributed by atoms with van der Waals surface area (Å²) in [7, 11) is 0. The second kappa shape index (κ2) is 7.33. The van der Waals surface area contributed by atoms with Gasteiger partial charge >= 0.3 is 11.6 Å². The molecule has 0 bridgehead atoms. The van der Waals surface area contributed by atoms with Crippen LogP contribution in [0.4, 0.5) is 5.95 Å². The van der Waals surface area contributed by atoms with E-state index in [9.17, 15) is 20.1 Å². The number of aliphatic hydroxyl groups excluding tert-OH is 3. The number of hydrogen-bond acceptors (Lipinski definition) is 10. The van der Waals surface area contributed by atoms with Crippen molar-refractivity contribution < 1.29 is 24.8 Å². The average molecular weight is 404 g/mol. The van der Waals surface area contributed by atoms with Crippen LogP contribution in [0.25, 0.3) is 11.2 Å². The first-order valence-corrected chi connectivity index (χ1v) is 8.77. The third-order valence-corrected chi connectivity index (χ3v) is 4.72. The average Bonchev–Trinajstić information content (AvgIpc) is 3.22. The molecule has 1 aliphatic heterocycles. The van der Waals surface area contributed by atoms with Gasteiger partial charge in [0.1, 0.15) is 24.9 Å². The highest BCUT2D eigenvalue weighted by atomic mass is 16.6. The van der Waals surface area contributed by atoms with Crippen LogP contribution in [0, 0.1) is 0 Å². The van der Waals surface area contributed by atoms with E-state index in [-0.39, 0.29) is 29.7 Å². The normalized spacial score (nSPS) is 24.2. The zero-order valence-electron chi connectivity index (χ0n) is 15.1. The summed E-state index contributed by atoms with van der Waals surface area (Å²) in [5.41, 5.74) is 5.62. The van der Waals surface area contributed by atoms with Crippen molar-refractivity contribution in [1.29, 1.82) is 0 Å². The molecule has 7 N–H and O–H groups in total. The predicted molar refractivity (Wildman–Crippen MR) is 100 cm³/mol. The minimum absolute atomic E-state index is 0.0351. The van der Waals surface area contributed by atoms with Crippen LogP contribution in [0.15, 0.2) is 35.1 Å². The van der Waals surface area contributed by atoms with E-state index in [2.05, 4.69) is 9.97 Å². The zero-order chi connectivity index (χ0) is 20.7. The molecule has 12 heteroatoms. The summed E-state index contributed by atoms with van der Waals surface area (Å²) in [6, 6.07) is 9.11. The Labute approximate surface area is 163 Å². The Balaban J connectivity index is 1.82. The van der Waals surface area contributed by atoms with Gasteiger partial charge in [-0.25, -0.2) is 4.57 Å². The Morgan fingerprint density at radius 2 is 1.90 bits per heavy atom. The molecule has 3 aromatic rings. The topological polar surface area (TPSA) is 184 Å². The first-order valence-electron chi connectivity index (χ1n) is 8.77. The molecular weight excluding hydrogens is 384 g/mol. The first-order chi connectivity index (χ1) is 13.9. The number of aromatic nitrogens is 4. The van der Waals surface area contributed by atoms with Gasteiger partial charge < -0.3 is 36.4 Å². The molecule has 29 heavy (non-hydrogen) atoms. The highest BCUT2D eigenvalue weighted by Gasteiger charge is 2.45. The second-order valence-electron chi connectivity index (χ2n) is 6.58. The van der Waals surface area contributed by atoms with Gasteiger partial charge in [0.15, 0.2) is 17.4 Å². The number of anilines is 1. The number of imidazole rings is 1. The summed E-state index contributed by atoms with van der Waals surface area (Å²) >= 11 is 0. The van der Waals surface area contributed by atoms with Crippen LogP contribution in [-0.2, 0) is 11.3 Å². The zero-order valence-corrected chi connectivity index (χ0v) is 15.1. The number of aliphatic hydroxyl groups is 3. The third kappa shape index (κ3) is 3.17. The number of nitrogens with zero attached hydrogens (tertiary/aromatic N) is 4. The summed E-state index contributed by atoms with van der Waals surface area (Å²) < 4.78 is 13.2.